The number of ether oxygens (including phenoxy) is 3. The Morgan fingerprint density at radius 3 is 2.16 bits per heavy atom. The molecule has 2 unspecified atom stereocenters. The third-order valence-corrected chi connectivity index (χ3v) is 3.71. The molecule has 0 amide bonds. The second kappa shape index (κ2) is 6.66. The van der Waals surface area contributed by atoms with Gasteiger partial charge in [0.15, 0.2) is 0 Å². The van der Waals surface area contributed by atoms with Crippen molar-refractivity contribution in [1.29, 1.82) is 0 Å². The fraction of sp³-hybridized carbons (Fsp3) is 0.600. The Morgan fingerprint density at radius 1 is 0.947 bits per heavy atom. The first-order valence-electron chi connectivity index (χ1n) is 6.79. The summed E-state index contributed by atoms with van der Waals surface area (Å²) in [5.74, 6) is 1.60. The molecule has 4 heteroatoms. The summed E-state index contributed by atoms with van der Waals surface area (Å²) in [5, 5.41) is 3.55. The van der Waals surface area contributed by atoms with E-state index in [1.807, 2.05) is 18.2 Å². The van der Waals surface area contributed by atoms with Gasteiger partial charge in [0.25, 0.3) is 0 Å². The lowest BCUT2D eigenvalue weighted by Crippen LogP contribution is -2.37. The van der Waals surface area contributed by atoms with Crippen molar-refractivity contribution in [3.8, 4) is 11.5 Å². The van der Waals surface area contributed by atoms with Crippen LogP contribution in [0.3, 0.4) is 0 Å². The first-order valence-corrected chi connectivity index (χ1v) is 6.79. The molecule has 4 nitrogen and oxygen atoms in total. The van der Waals surface area contributed by atoms with Crippen LogP contribution in [-0.2, 0) is 4.74 Å². The van der Waals surface area contributed by atoms with Crippen LogP contribution in [0.2, 0.25) is 0 Å². The maximum absolute atomic E-state index is 5.56. The molecule has 1 saturated carbocycles. The highest BCUT2D eigenvalue weighted by molar-refractivity contribution is 5.54. The molecular formula is C15H23NO3. The number of rotatable bonds is 5. The molecule has 1 fully saturated rings. The van der Waals surface area contributed by atoms with Gasteiger partial charge < -0.3 is 19.5 Å². The van der Waals surface area contributed by atoms with Crippen LogP contribution < -0.4 is 14.8 Å². The summed E-state index contributed by atoms with van der Waals surface area (Å²) in [6.07, 6.45) is 5.04. The average Bonchev–Trinajstić information content (AvgIpc) is 2.47. The Labute approximate surface area is 115 Å². The highest BCUT2D eigenvalue weighted by Crippen LogP contribution is 2.29. The highest BCUT2D eigenvalue weighted by Gasteiger charge is 2.24. The van der Waals surface area contributed by atoms with Crippen LogP contribution >= 0.6 is 0 Å². The van der Waals surface area contributed by atoms with Crippen molar-refractivity contribution in [3.63, 3.8) is 0 Å². The van der Waals surface area contributed by atoms with E-state index in [-0.39, 0.29) is 6.10 Å². The van der Waals surface area contributed by atoms with Crippen LogP contribution in [0.25, 0.3) is 0 Å². The Hall–Kier alpha value is -1.42. The number of anilines is 1. The van der Waals surface area contributed by atoms with Crippen LogP contribution in [0.15, 0.2) is 18.2 Å². The van der Waals surface area contributed by atoms with Gasteiger partial charge >= 0.3 is 0 Å². The van der Waals surface area contributed by atoms with Gasteiger partial charge in [-0.1, -0.05) is 12.8 Å². The quantitative estimate of drug-likeness (QED) is 0.888. The van der Waals surface area contributed by atoms with E-state index in [2.05, 4.69) is 5.32 Å². The number of methoxy groups -OCH3 is 3. The van der Waals surface area contributed by atoms with Gasteiger partial charge in [-0.2, -0.15) is 0 Å². The minimum atomic E-state index is 0.283. The first-order chi connectivity index (χ1) is 9.26. The van der Waals surface area contributed by atoms with Crippen LogP contribution in [0.4, 0.5) is 5.69 Å². The topological polar surface area (TPSA) is 39.7 Å². The summed E-state index contributed by atoms with van der Waals surface area (Å²) in [7, 11) is 5.12. The molecule has 1 N–H and O–H groups in total. The SMILES string of the molecule is COc1cc(NC2CCCCC2OC)cc(OC)c1. The van der Waals surface area contributed by atoms with Gasteiger partial charge in [0.1, 0.15) is 11.5 Å². The van der Waals surface area contributed by atoms with Crippen molar-refractivity contribution in [2.45, 2.75) is 37.8 Å². The molecule has 0 spiro atoms. The molecule has 0 saturated heterocycles. The maximum Gasteiger partial charge on any atom is 0.124 e. The third kappa shape index (κ3) is 3.53. The molecule has 2 rings (SSSR count). The molecule has 1 aromatic carbocycles. The van der Waals surface area contributed by atoms with E-state index in [1.165, 1.54) is 12.8 Å². The zero-order valence-electron chi connectivity index (χ0n) is 11.9. The van der Waals surface area contributed by atoms with E-state index in [9.17, 15) is 0 Å². The third-order valence-electron chi connectivity index (χ3n) is 3.71. The van der Waals surface area contributed by atoms with Crippen molar-refractivity contribution >= 4 is 5.69 Å². The number of hydrogen-bond acceptors (Lipinski definition) is 4. The normalized spacial score (nSPS) is 22.9. The summed E-state index contributed by atoms with van der Waals surface area (Å²) >= 11 is 0. The van der Waals surface area contributed by atoms with Crippen molar-refractivity contribution in [2.75, 3.05) is 26.6 Å². The second-order valence-electron chi connectivity index (χ2n) is 4.91. The Morgan fingerprint density at radius 2 is 1.58 bits per heavy atom. The summed E-state index contributed by atoms with van der Waals surface area (Å²) in [4.78, 5) is 0. The monoisotopic (exact) mass is 265 g/mol. The lowest BCUT2D eigenvalue weighted by molar-refractivity contribution is 0.0606. The van der Waals surface area contributed by atoms with Crippen LogP contribution in [0.1, 0.15) is 25.7 Å². The fourth-order valence-corrected chi connectivity index (χ4v) is 2.65. The Bertz CT molecular complexity index is 386. The molecule has 2 atom stereocenters. The summed E-state index contributed by atoms with van der Waals surface area (Å²) < 4.78 is 16.1. The largest absolute Gasteiger partial charge is 0.497 e. The smallest absolute Gasteiger partial charge is 0.124 e. The van der Waals surface area contributed by atoms with E-state index in [0.717, 1.165) is 30.0 Å². The van der Waals surface area contributed by atoms with Crippen molar-refractivity contribution in [1.82, 2.24) is 0 Å². The zero-order valence-corrected chi connectivity index (χ0v) is 11.9. The minimum Gasteiger partial charge on any atom is -0.497 e. The van der Waals surface area contributed by atoms with Gasteiger partial charge in [-0.3, -0.25) is 0 Å². The van der Waals surface area contributed by atoms with Gasteiger partial charge in [0.05, 0.1) is 26.4 Å². The number of nitrogens with one attached hydrogen (secondary N) is 1. The molecule has 1 aliphatic rings. The predicted octanol–water partition coefficient (Wildman–Crippen LogP) is 3.07. The number of benzene rings is 1. The summed E-state index contributed by atoms with van der Waals surface area (Å²) in [6, 6.07) is 6.21. The lowest BCUT2D eigenvalue weighted by Gasteiger charge is -2.32. The maximum atomic E-state index is 5.56. The molecule has 0 radical (unpaired) electrons. The highest BCUT2D eigenvalue weighted by atomic mass is 16.5. The van der Waals surface area contributed by atoms with Gasteiger partial charge in [0.2, 0.25) is 0 Å². The first kappa shape index (κ1) is 14.0. The molecule has 0 bridgehead atoms. The summed E-state index contributed by atoms with van der Waals surface area (Å²) in [5.41, 5.74) is 1.02. The predicted molar refractivity (Wildman–Crippen MR) is 76.2 cm³/mol. The average molecular weight is 265 g/mol. The molecular weight excluding hydrogens is 242 g/mol. The van der Waals surface area contributed by atoms with E-state index < -0.39 is 0 Å². The minimum absolute atomic E-state index is 0.283. The van der Waals surface area contributed by atoms with E-state index in [1.54, 1.807) is 21.3 Å². The molecule has 0 aliphatic heterocycles. The second-order valence-corrected chi connectivity index (χ2v) is 4.91. The Kier molecular flexibility index (Phi) is 4.91. The fourth-order valence-electron chi connectivity index (χ4n) is 2.65. The zero-order chi connectivity index (χ0) is 13.7. The van der Waals surface area contributed by atoms with Gasteiger partial charge in [0, 0.05) is 31.0 Å². The molecule has 0 heterocycles. The van der Waals surface area contributed by atoms with E-state index in [4.69, 9.17) is 14.2 Å². The standard InChI is InChI=1S/C15H23NO3/c1-17-12-8-11(9-13(10-12)18-2)16-14-6-4-5-7-15(14)19-3/h8-10,14-16H,4-7H2,1-3H3. The van der Waals surface area contributed by atoms with E-state index in [0.29, 0.717) is 6.04 Å². The van der Waals surface area contributed by atoms with E-state index >= 15 is 0 Å². The van der Waals surface area contributed by atoms with Crippen molar-refractivity contribution in [2.24, 2.45) is 0 Å². The van der Waals surface area contributed by atoms with Crippen LogP contribution in [-0.4, -0.2) is 33.5 Å². The molecule has 1 aromatic rings. The molecule has 1 aliphatic carbocycles. The van der Waals surface area contributed by atoms with Crippen LogP contribution in [0, 0.1) is 0 Å². The number of hydrogen-bond donors (Lipinski definition) is 1. The van der Waals surface area contributed by atoms with Gasteiger partial charge in [-0.15, -0.1) is 0 Å². The van der Waals surface area contributed by atoms with Crippen LogP contribution in [0.5, 0.6) is 11.5 Å². The van der Waals surface area contributed by atoms with Gasteiger partial charge in [-0.25, -0.2) is 0 Å². The van der Waals surface area contributed by atoms with Gasteiger partial charge in [-0.05, 0) is 12.8 Å². The summed E-state index contributed by atoms with van der Waals surface area (Å²) in [6.45, 7) is 0. The molecule has 106 valence electrons. The molecule has 19 heavy (non-hydrogen) atoms. The van der Waals surface area contributed by atoms with Crippen molar-refractivity contribution in [3.05, 3.63) is 18.2 Å². The Balaban J connectivity index is 2.12. The van der Waals surface area contributed by atoms with Crippen molar-refractivity contribution < 1.29 is 14.2 Å². The molecule has 0 aromatic heterocycles. The lowest BCUT2D eigenvalue weighted by atomic mass is 9.92.